The van der Waals surface area contributed by atoms with E-state index in [1.54, 1.807) is 20.8 Å². The van der Waals surface area contributed by atoms with Crippen molar-refractivity contribution in [1.82, 2.24) is 0 Å². The van der Waals surface area contributed by atoms with Gasteiger partial charge < -0.3 is 28.4 Å². The SMILES string of the molecule is CC(=O)OC1O[C@]2(COC(C)(C)O2)[C@H]2O[C@H](C)O[C@H]2[C@@H]1C(F)(F)Cl. The molecule has 0 aliphatic carbocycles. The van der Waals surface area contributed by atoms with Crippen LogP contribution >= 0.6 is 11.6 Å². The molecule has 138 valence electrons. The van der Waals surface area contributed by atoms with Crippen molar-refractivity contribution in [2.45, 2.75) is 69.4 Å². The molecule has 3 aliphatic rings. The number of hydrogen-bond acceptors (Lipinski definition) is 7. The molecule has 7 nitrogen and oxygen atoms in total. The fourth-order valence-corrected chi connectivity index (χ4v) is 3.50. The van der Waals surface area contributed by atoms with E-state index in [1.165, 1.54) is 0 Å². The van der Waals surface area contributed by atoms with Crippen LogP contribution in [-0.2, 0) is 33.2 Å². The van der Waals surface area contributed by atoms with E-state index < -0.39 is 53.6 Å². The maximum atomic E-state index is 14.0. The fourth-order valence-electron chi connectivity index (χ4n) is 3.28. The lowest BCUT2D eigenvalue weighted by molar-refractivity contribution is -0.381. The van der Waals surface area contributed by atoms with Gasteiger partial charge in [0, 0.05) is 6.92 Å². The average molecular weight is 373 g/mol. The summed E-state index contributed by atoms with van der Waals surface area (Å²) in [6.45, 7) is 5.81. The van der Waals surface area contributed by atoms with E-state index in [0.29, 0.717) is 0 Å². The molecule has 3 heterocycles. The lowest BCUT2D eigenvalue weighted by Gasteiger charge is -2.47. The fraction of sp³-hybridized carbons (Fsp3) is 0.929. The molecule has 10 heteroatoms. The van der Waals surface area contributed by atoms with Crippen molar-refractivity contribution in [1.29, 1.82) is 0 Å². The third-order valence-corrected chi connectivity index (χ3v) is 4.33. The Balaban J connectivity index is 1.99. The van der Waals surface area contributed by atoms with E-state index in [0.717, 1.165) is 6.92 Å². The number of esters is 1. The molecule has 0 bridgehead atoms. The first-order valence-corrected chi connectivity index (χ1v) is 7.88. The average Bonchev–Trinajstić information content (AvgIpc) is 2.88. The van der Waals surface area contributed by atoms with Crippen LogP contribution in [0.4, 0.5) is 8.78 Å². The topological polar surface area (TPSA) is 72.5 Å². The standard InChI is InChI=1S/C14H19ClF2O7/c1-6(18)20-11-8(14(15,16)17)9-10(22-7(2)21-9)13(23-11)5-19-12(3,4)24-13/h7-11H,5H2,1-4H3/t7-,8+,9+,10+,11?,13+/m1/s1. The van der Waals surface area contributed by atoms with Gasteiger partial charge in [-0.15, -0.1) is 0 Å². The third-order valence-electron chi connectivity index (χ3n) is 4.08. The van der Waals surface area contributed by atoms with Crippen molar-refractivity contribution in [3.63, 3.8) is 0 Å². The summed E-state index contributed by atoms with van der Waals surface area (Å²) in [6, 6.07) is 0. The highest BCUT2D eigenvalue weighted by Crippen LogP contribution is 2.51. The van der Waals surface area contributed by atoms with Gasteiger partial charge in [0.05, 0.1) is 0 Å². The van der Waals surface area contributed by atoms with Gasteiger partial charge in [-0.2, -0.15) is 8.78 Å². The minimum absolute atomic E-state index is 0.102. The summed E-state index contributed by atoms with van der Waals surface area (Å²) >= 11 is 5.24. The Bertz CT molecular complexity index is 526. The number of ether oxygens (including phenoxy) is 6. The van der Waals surface area contributed by atoms with Crippen molar-refractivity contribution >= 4 is 17.6 Å². The molecule has 24 heavy (non-hydrogen) atoms. The number of fused-ring (bicyclic) bond motifs is 2. The van der Waals surface area contributed by atoms with Crippen LogP contribution in [-0.4, -0.2) is 54.3 Å². The Labute approximate surface area is 142 Å². The zero-order valence-corrected chi connectivity index (χ0v) is 14.3. The van der Waals surface area contributed by atoms with Gasteiger partial charge in [-0.3, -0.25) is 4.79 Å². The first-order chi connectivity index (χ1) is 10.9. The van der Waals surface area contributed by atoms with Gasteiger partial charge in [0.1, 0.15) is 24.7 Å². The second-order valence-electron chi connectivity index (χ2n) is 6.49. The number of carbonyl (C=O) groups excluding carboxylic acids is 1. The van der Waals surface area contributed by atoms with E-state index >= 15 is 0 Å². The molecule has 3 aliphatic heterocycles. The van der Waals surface area contributed by atoms with Gasteiger partial charge in [-0.1, -0.05) is 0 Å². The van der Waals surface area contributed by atoms with Crippen molar-refractivity contribution in [3.05, 3.63) is 0 Å². The highest BCUT2D eigenvalue weighted by molar-refractivity contribution is 6.22. The zero-order chi connectivity index (χ0) is 17.9. The largest absolute Gasteiger partial charge is 0.435 e. The summed E-state index contributed by atoms with van der Waals surface area (Å²) in [6.07, 6.45) is -4.69. The van der Waals surface area contributed by atoms with E-state index in [1.807, 2.05) is 0 Å². The number of rotatable bonds is 2. The van der Waals surface area contributed by atoms with Crippen LogP contribution in [0.3, 0.4) is 0 Å². The van der Waals surface area contributed by atoms with Gasteiger partial charge in [0.25, 0.3) is 0 Å². The quantitative estimate of drug-likeness (QED) is 0.542. The molecule has 3 rings (SSSR count). The van der Waals surface area contributed by atoms with Crippen LogP contribution in [0.15, 0.2) is 0 Å². The molecular formula is C14H19ClF2O7. The first kappa shape index (κ1) is 18.2. The van der Waals surface area contributed by atoms with Crippen molar-refractivity contribution in [2.24, 2.45) is 5.92 Å². The lowest BCUT2D eigenvalue weighted by atomic mass is 9.89. The summed E-state index contributed by atoms with van der Waals surface area (Å²) in [4.78, 5) is 11.3. The molecule has 1 unspecified atom stereocenters. The molecule has 0 radical (unpaired) electrons. The summed E-state index contributed by atoms with van der Waals surface area (Å²) in [5.74, 6) is -5.14. The van der Waals surface area contributed by atoms with Crippen LogP contribution < -0.4 is 0 Å². The number of carbonyl (C=O) groups is 1. The second kappa shape index (κ2) is 5.72. The molecule has 0 aromatic heterocycles. The monoisotopic (exact) mass is 372 g/mol. The van der Waals surface area contributed by atoms with E-state index in [9.17, 15) is 13.6 Å². The third kappa shape index (κ3) is 3.13. The van der Waals surface area contributed by atoms with E-state index in [4.69, 9.17) is 40.0 Å². The van der Waals surface area contributed by atoms with Crippen molar-refractivity contribution < 1.29 is 42.0 Å². The normalized spacial score (nSPS) is 44.5. The Hall–Kier alpha value is -0.580. The van der Waals surface area contributed by atoms with E-state index in [2.05, 4.69) is 0 Å². The smallest absolute Gasteiger partial charge is 0.333 e. The van der Waals surface area contributed by atoms with Gasteiger partial charge in [-0.05, 0) is 32.4 Å². The molecule has 3 saturated heterocycles. The lowest BCUT2D eigenvalue weighted by Crippen LogP contribution is -2.65. The number of hydrogen-bond donors (Lipinski definition) is 0. The predicted molar refractivity (Wildman–Crippen MR) is 74.0 cm³/mol. The highest BCUT2D eigenvalue weighted by Gasteiger charge is 2.69. The highest BCUT2D eigenvalue weighted by atomic mass is 35.5. The van der Waals surface area contributed by atoms with Crippen LogP contribution in [0.25, 0.3) is 0 Å². The Morgan fingerprint density at radius 1 is 1.33 bits per heavy atom. The number of alkyl halides is 3. The maximum absolute atomic E-state index is 14.0. The summed E-state index contributed by atoms with van der Waals surface area (Å²) in [7, 11) is 0. The molecule has 0 saturated carbocycles. The Morgan fingerprint density at radius 2 is 2.00 bits per heavy atom. The van der Waals surface area contributed by atoms with Gasteiger partial charge in [0.15, 0.2) is 12.1 Å². The van der Waals surface area contributed by atoms with Crippen LogP contribution in [0, 0.1) is 5.92 Å². The minimum atomic E-state index is -3.76. The summed E-state index contributed by atoms with van der Waals surface area (Å²) < 4.78 is 60.9. The van der Waals surface area contributed by atoms with Gasteiger partial charge >= 0.3 is 11.4 Å². The van der Waals surface area contributed by atoms with Crippen LogP contribution in [0.2, 0.25) is 0 Å². The van der Waals surface area contributed by atoms with Crippen molar-refractivity contribution in [3.8, 4) is 0 Å². The molecule has 0 amide bonds. The van der Waals surface area contributed by atoms with Crippen LogP contribution in [0.1, 0.15) is 27.7 Å². The first-order valence-electron chi connectivity index (χ1n) is 7.50. The van der Waals surface area contributed by atoms with Crippen molar-refractivity contribution in [2.75, 3.05) is 6.61 Å². The molecule has 6 atom stereocenters. The maximum Gasteiger partial charge on any atom is 0.333 e. The summed E-state index contributed by atoms with van der Waals surface area (Å²) in [5.41, 5.74) is 0. The molecule has 0 aromatic rings. The predicted octanol–water partition coefficient (Wildman–Crippen LogP) is 1.96. The summed E-state index contributed by atoms with van der Waals surface area (Å²) in [5, 5.41) is -3.76. The van der Waals surface area contributed by atoms with Crippen LogP contribution in [0.5, 0.6) is 0 Å². The zero-order valence-electron chi connectivity index (χ0n) is 13.6. The molecule has 0 N–H and O–H groups in total. The second-order valence-corrected chi connectivity index (χ2v) is 6.99. The molecule has 0 aromatic carbocycles. The minimum Gasteiger partial charge on any atom is -0.435 e. The Morgan fingerprint density at radius 3 is 2.50 bits per heavy atom. The van der Waals surface area contributed by atoms with Gasteiger partial charge in [0.2, 0.25) is 12.1 Å². The Kier molecular flexibility index (Phi) is 4.34. The molecule has 3 fully saturated rings. The molecular weight excluding hydrogens is 354 g/mol. The number of halogens is 3. The molecule has 1 spiro atoms. The van der Waals surface area contributed by atoms with Gasteiger partial charge in [-0.25, -0.2) is 0 Å². The van der Waals surface area contributed by atoms with E-state index in [-0.39, 0.29) is 6.61 Å².